The molecule has 1 aliphatic rings. The Kier molecular flexibility index (Phi) is 4.33. The van der Waals surface area contributed by atoms with E-state index in [2.05, 4.69) is 18.3 Å². The summed E-state index contributed by atoms with van der Waals surface area (Å²) >= 11 is 0. The zero-order chi connectivity index (χ0) is 13.0. The molecular formula is C15H19FN2. The molecule has 1 aromatic carbocycles. The number of nitriles is 1. The number of rotatable bonds is 3. The van der Waals surface area contributed by atoms with E-state index < -0.39 is 6.04 Å². The summed E-state index contributed by atoms with van der Waals surface area (Å²) in [5, 5.41) is 12.6. The summed E-state index contributed by atoms with van der Waals surface area (Å²) in [6.45, 7) is 2.22. The summed E-state index contributed by atoms with van der Waals surface area (Å²) in [5.41, 5.74) is 0.718. The minimum atomic E-state index is -0.411. The molecule has 0 saturated heterocycles. The van der Waals surface area contributed by atoms with E-state index in [0.29, 0.717) is 12.0 Å². The first-order chi connectivity index (χ1) is 8.70. The molecule has 0 spiro atoms. The van der Waals surface area contributed by atoms with Crippen molar-refractivity contribution >= 4 is 0 Å². The van der Waals surface area contributed by atoms with Crippen LogP contribution in [0.4, 0.5) is 4.39 Å². The molecule has 0 aliphatic heterocycles. The Balaban J connectivity index is 2.07. The Morgan fingerprint density at radius 2 is 2.17 bits per heavy atom. The van der Waals surface area contributed by atoms with Crippen LogP contribution in [-0.4, -0.2) is 6.04 Å². The Morgan fingerprint density at radius 3 is 2.83 bits per heavy atom. The zero-order valence-corrected chi connectivity index (χ0v) is 10.7. The van der Waals surface area contributed by atoms with Crippen LogP contribution in [0.5, 0.6) is 0 Å². The maximum atomic E-state index is 13.2. The van der Waals surface area contributed by atoms with E-state index in [1.165, 1.54) is 31.4 Å². The molecule has 96 valence electrons. The molecule has 1 aromatic rings. The first kappa shape index (κ1) is 13.0. The number of nitrogens with one attached hydrogen (secondary N) is 1. The maximum absolute atomic E-state index is 13.2. The van der Waals surface area contributed by atoms with E-state index in [4.69, 9.17) is 0 Å². The summed E-state index contributed by atoms with van der Waals surface area (Å²) in [4.78, 5) is 0. The first-order valence-corrected chi connectivity index (χ1v) is 6.62. The molecule has 3 unspecified atom stereocenters. The molecule has 0 heterocycles. The highest BCUT2D eigenvalue weighted by atomic mass is 19.1. The predicted molar refractivity (Wildman–Crippen MR) is 69.3 cm³/mol. The fourth-order valence-corrected chi connectivity index (χ4v) is 2.67. The van der Waals surface area contributed by atoms with Crippen LogP contribution in [-0.2, 0) is 0 Å². The molecule has 0 bridgehead atoms. The quantitative estimate of drug-likeness (QED) is 0.885. The molecule has 18 heavy (non-hydrogen) atoms. The van der Waals surface area contributed by atoms with Gasteiger partial charge in [0.1, 0.15) is 11.9 Å². The van der Waals surface area contributed by atoms with Gasteiger partial charge in [0.2, 0.25) is 0 Å². The average molecular weight is 246 g/mol. The van der Waals surface area contributed by atoms with Crippen molar-refractivity contribution in [3.63, 3.8) is 0 Å². The van der Waals surface area contributed by atoms with Crippen molar-refractivity contribution < 1.29 is 4.39 Å². The molecule has 2 rings (SSSR count). The molecule has 0 radical (unpaired) electrons. The highest BCUT2D eigenvalue weighted by Gasteiger charge is 2.24. The van der Waals surface area contributed by atoms with Gasteiger partial charge in [-0.25, -0.2) is 4.39 Å². The number of benzene rings is 1. The summed E-state index contributed by atoms with van der Waals surface area (Å²) < 4.78 is 13.2. The third kappa shape index (κ3) is 3.08. The Labute approximate surface area is 108 Å². The van der Waals surface area contributed by atoms with E-state index in [1.54, 1.807) is 12.1 Å². The molecule has 1 N–H and O–H groups in total. The van der Waals surface area contributed by atoms with Crippen molar-refractivity contribution in [3.8, 4) is 6.07 Å². The molecule has 0 amide bonds. The predicted octanol–water partition coefficient (Wildman–Crippen LogP) is 3.56. The van der Waals surface area contributed by atoms with Gasteiger partial charge in [0.15, 0.2) is 0 Å². The van der Waals surface area contributed by atoms with Crippen molar-refractivity contribution in [2.75, 3.05) is 0 Å². The van der Waals surface area contributed by atoms with E-state index in [-0.39, 0.29) is 5.82 Å². The summed E-state index contributed by atoms with van der Waals surface area (Å²) in [7, 11) is 0. The molecule has 1 saturated carbocycles. The van der Waals surface area contributed by atoms with Gasteiger partial charge in [-0.2, -0.15) is 5.26 Å². The Morgan fingerprint density at radius 1 is 1.39 bits per heavy atom. The van der Waals surface area contributed by atoms with Gasteiger partial charge in [-0.3, -0.25) is 5.32 Å². The van der Waals surface area contributed by atoms with Crippen LogP contribution in [0.2, 0.25) is 0 Å². The third-order valence-electron chi connectivity index (χ3n) is 3.80. The lowest BCUT2D eigenvalue weighted by Crippen LogP contribution is -2.39. The zero-order valence-electron chi connectivity index (χ0n) is 10.7. The Bertz CT molecular complexity index is 438. The normalized spacial score (nSPS) is 25.4. The second-order valence-corrected chi connectivity index (χ2v) is 5.15. The fraction of sp³-hybridized carbons (Fsp3) is 0.533. The minimum Gasteiger partial charge on any atom is -0.295 e. The van der Waals surface area contributed by atoms with Crippen LogP contribution in [0.25, 0.3) is 0 Å². The van der Waals surface area contributed by atoms with Crippen molar-refractivity contribution in [1.29, 1.82) is 5.26 Å². The number of hydrogen-bond donors (Lipinski definition) is 1. The van der Waals surface area contributed by atoms with Crippen LogP contribution in [0, 0.1) is 23.1 Å². The van der Waals surface area contributed by atoms with Crippen molar-refractivity contribution in [2.24, 2.45) is 5.92 Å². The van der Waals surface area contributed by atoms with E-state index in [1.807, 2.05) is 0 Å². The molecule has 1 aliphatic carbocycles. The van der Waals surface area contributed by atoms with Crippen LogP contribution in [0.3, 0.4) is 0 Å². The van der Waals surface area contributed by atoms with Crippen molar-refractivity contribution in [1.82, 2.24) is 5.32 Å². The van der Waals surface area contributed by atoms with Crippen molar-refractivity contribution in [3.05, 3.63) is 35.6 Å². The summed E-state index contributed by atoms with van der Waals surface area (Å²) in [5.74, 6) is 0.300. The van der Waals surface area contributed by atoms with Crippen LogP contribution >= 0.6 is 0 Å². The van der Waals surface area contributed by atoms with Gasteiger partial charge in [0, 0.05) is 6.04 Å². The molecule has 2 nitrogen and oxygen atoms in total. The van der Waals surface area contributed by atoms with Crippen LogP contribution < -0.4 is 5.32 Å². The van der Waals surface area contributed by atoms with E-state index in [0.717, 1.165) is 12.0 Å². The second kappa shape index (κ2) is 5.97. The molecule has 3 heteroatoms. The minimum absolute atomic E-state index is 0.286. The first-order valence-electron chi connectivity index (χ1n) is 6.62. The Hall–Kier alpha value is -1.40. The van der Waals surface area contributed by atoms with Gasteiger partial charge in [-0.1, -0.05) is 31.9 Å². The summed E-state index contributed by atoms with van der Waals surface area (Å²) in [6, 6.07) is 8.49. The third-order valence-corrected chi connectivity index (χ3v) is 3.80. The summed E-state index contributed by atoms with van der Waals surface area (Å²) in [6.07, 6.45) is 4.80. The molecular weight excluding hydrogens is 227 g/mol. The van der Waals surface area contributed by atoms with Gasteiger partial charge in [-0.05, 0) is 36.5 Å². The van der Waals surface area contributed by atoms with Gasteiger partial charge < -0.3 is 0 Å². The molecule has 0 aromatic heterocycles. The lowest BCUT2D eigenvalue weighted by molar-refractivity contribution is 0.271. The fourth-order valence-electron chi connectivity index (χ4n) is 2.67. The number of hydrogen-bond acceptors (Lipinski definition) is 2. The van der Waals surface area contributed by atoms with Gasteiger partial charge in [0.05, 0.1) is 6.07 Å². The largest absolute Gasteiger partial charge is 0.295 e. The molecule has 1 fully saturated rings. The van der Waals surface area contributed by atoms with Crippen LogP contribution in [0.1, 0.15) is 44.2 Å². The van der Waals surface area contributed by atoms with Crippen molar-refractivity contribution in [2.45, 2.75) is 44.7 Å². The second-order valence-electron chi connectivity index (χ2n) is 5.15. The molecule has 3 atom stereocenters. The van der Waals surface area contributed by atoms with Crippen LogP contribution in [0.15, 0.2) is 24.3 Å². The number of nitrogens with zero attached hydrogens (tertiary/aromatic N) is 1. The topological polar surface area (TPSA) is 35.8 Å². The number of halogens is 1. The standard InChI is InChI=1S/C15H19FN2/c1-11-5-2-3-8-14(11)18-15(10-17)12-6-4-7-13(16)9-12/h4,6-7,9,11,14-15,18H,2-3,5,8H2,1H3. The monoisotopic (exact) mass is 246 g/mol. The lowest BCUT2D eigenvalue weighted by Gasteiger charge is -2.31. The van der Waals surface area contributed by atoms with E-state index in [9.17, 15) is 9.65 Å². The van der Waals surface area contributed by atoms with Gasteiger partial charge >= 0.3 is 0 Å². The smallest absolute Gasteiger partial charge is 0.123 e. The maximum Gasteiger partial charge on any atom is 0.123 e. The lowest BCUT2D eigenvalue weighted by atomic mass is 9.85. The van der Waals surface area contributed by atoms with Gasteiger partial charge in [-0.15, -0.1) is 0 Å². The SMILES string of the molecule is CC1CCCCC1NC(C#N)c1cccc(F)c1. The highest BCUT2D eigenvalue weighted by molar-refractivity contribution is 5.25. The van der Waals surface area contributed by atoms with E-state index >= 15 is 0 Å². The highest BCUT2D eigenvalue weighted by Crippen LogP contribution is 2.26. The van der Waals surface area contributed by atoms with Gasteiger partial charge in [0.25, 0.3) is 0 Å². The average Bonchev–Trinajstić information content (AvgIpc) is 2.38.